The van der Waals surface area contributed by atoms with Gasteiger partial charge in [0.1, 0.15) is 6.04 Å². The number of nitrogens with zero attached hydrogens (tertiary/aromatic N) is 3. The third kappa shape index (κ3) is 2.38. The van der Waals surface area contributed by atoms with Gasteiger partial charge in [-0.15, -0.1) is 0 Å². The molecule has 0 unspecified atom stereocenters. The lowest BCUT2D eigenvalue weighted by atomic mass is 9.98. The first-order valence-corrected chi connectivity index (χ1v) is 8.90. The molecule has 7 heteroatoms. The summed E-state index contributed by atoms with van der Waals surface area (Å²) in [7, 11) is 3.33. The molecular formula is C20H21N3O4. The lowest BCUT2D eigenvalue weighted by Crippen LogP contribution is -2.30. The maximum Gasteiger partial charge on any atom is 0.356 e. The lowest BCUT2D eigenvalue weighted by Gasteiger charge is -2.25. The van der Waals surface area contributed by atoms with E-state index in [-0.39, 0.29) is 6.61 Å². The third-order valence-corrected chi connectivity index (χ3v) is 5.16. The summed E-state index contributed by atoms with van der Waals surface area (Å²) in [6.07, 6.45) is 0.429. The van der Waals surface area contributed by atoms with Crippen LogP contribution < -0.4 is 0 Å². The molecule has 4 rings (SSSR count). The number of aromatic nitrogens is 3. The van der Waals surface area contributed by atoms with Gasteiger partial charge in [-0.2, -0.15) is 0 Å². The molecule has 7 nitrogen and oxygen atoms in total. The number of benzene rings is 1. The zero-order chi connectivity index (χ0) is 19.3. The van der Waals surface area contributed by atoms with Crippen LogP contribution in [0.2, 0.25) is 0 Å². The van der Waals surface area contributed by atoms with Crippen molar-refractivity contribution in [3.63, 3.8) is 0 Å². The van der Waals surface area contributed by atoms with Crippen molar-refractivity contribution < 1.29 is 19.1 Å². The molecule has 1 aliphatic rings. The van der Waals surface area contributed by atoms with Gasteiger partial charge >= 0.3 is 11.9 Å². The van der Waals surface area contributed by atoms with Crippen LogP contribution >= 0.6 is 0 Å². The number of hydrogen-bond donors (Lipinski definition) is 0. The highest BCUT2D eigenvalue weighted by molar-refractivity contribution is 5.96. The van der Waals surface area contributed by atoms with Crippen LogP contribution in [0.25, 0.3) is 22.4 Å². The normalized spacial score (nSPS) is 15.3. The van der Waals surface area contributed by atoms with Gasteiger partial charge in [0, 0.05) is 24.4 Å². The Labute approximate surface area is 156 Å². The van der Waals surface area contributed by atoms with E-state index in [1.54, 1.807) is 18.4 Å². The molecule has 0 saturated heterocycles. The molecule has 3 heterocycles. The Hall–Kier alpha value is -3.09. The number of methoxy groups -OCH3 is 1. The number of carbonyl (C=O) groups is 2. The van der Waals surface area contributed by atoms with Crippen molar-refractivity contribution >= 4 is 22.8 Å². The zero-order valence-electron chi connectivity index (χ0n) is 15.8. The Morgan fingerprint density at radius 3 is 2.74 bits per heavy atom. The fraction of sp³-hybridized carbons (Fsp3) is 0.350. The Morgan fingerprint density at radius 1 is 1.30 bits per heavy atom. The summed E-state index contributed by atoms with van der Waals surface area (Å²) < 4.78 is 14.0. The first-order valence-electron chi connectivity index (χ1n) is 8.90. The number of para-hydroxylation sites is 1. The first kappa shape index (κ1) is 17.3. The van der Waals surface area contributed by atoms with Crippen molar-refractivity contribution in [2.24, 2.45) is 7.05 Å². The minimum atomic E-state index is -0.663. The van der Waals surface area contributed by atoms with Crippen LogP contribution in [0.3, 0.4) is 0 Å². The van der Waals surface area contributed by atoms with Gasteiger partial charge in [0.25, 0.3) is 0 Å². The van der Waals surface area contributed by atoms with E-state index < -0.39 is 18.0 Å². The summed E-state index contributed by atoms with van der Waals surface area (Å²) in [6, 6.07) is 7.37. The van der Waals surface area contributed by atoms with Crippen LogP contribution in [0.1, 0.15) is 34.7 Å². The topological polar surface area (TPSA) is 75.3 Å². The Morgan fingerprint density at radius 2 is 2.04 bits per heavy atom. The maximum atomic E-state index is 12.6. The second kappa shape index (κ2) is 6.26. The summed E-state index contributed by atoms with van der Waals surface area (Å²) in [5.74, 6) is -0.298. The van der Waals surface area contributed by atoms with E-state index >= 15 is 0 Å². The number of carbonyl (C=O) groups excluding carboxylic acids is 2. The summed E-state index contributed by atoms with van der Waals surface area (Å²) in [5.41, 5.74) is 3.85. The van der Waals surface area contributed by atoms with Gasteiger partial charge in [-0.3, -0.25) is 0 Å². The van der Waals surface area contributed by atoms with E-state index in [0.717, 1.165) is 22.2 Å². The van der Waals surface area contributed by atoms with E-state index in [4.69, 9.17) is 9.47 Å². The van der Waals surface area contributed by atoms with Crippen LogP contribution in [0.4, 0.5) is 0 Å². The monoisotopic (exact) mass is 367 g/mol. The van der Waals surface area contributed by atoms with Crippen LogP contribution in [0, 0.1) is 6.92 Å². The molecule has 0 radical (unpaired) electrons. The summed E-state index contributed by atoms with van der Waals surface area (Å²) in [6.45, 7) is 3.76. The lowest BCUT2D eigenvalue weighted by molar-refractivity contribution is -0.144. The molecule has 2 aromatic heterocycles. The van der Waals surface area contributed by atoms with Gasteiger partial charge in [-0.1, -0.05) is 18.2 Å². The third-order valence-electron chi connectivity index (χ3n) is 5.16. The summed E-state index contributed by atoms with van der Waals surface area (Å²) >= 11 is 0. The molecule has 0 aliphatic carbocycles. The van der Waals surface area contributed by atoms with Crippen LogP contribution in [-0.2, 0) is 27.7 Å². The van der Waals surface area contributed by atoms with Gasteiger partial charge < -0.3 is 18.6 Å². The molecule has 1 aliphatic heterocycles. The quantitative estimate of drug-likeness (QED) is 0.666. The predicted octanol–water partition coefficient (Wildman–Crippen LogP) is 2.80. The largest absolute Gasteiger partial charge is 0.467 e. The average molecular weight is 367 g/mol. The Balaban J connectivity index is 2.05. The van der Waals surface area contributed by atoms with E-state index in [1.165, 1.54) is 7.11 Å². The predicted molar refractivity (Wildman–Crippen MR) is 99.6 cm³/mol. The highest BCUT2D eigenvalue weighted by Crippen LogP contribution is 2.41. The number of esters is 2. The van der Waals surface area contributed by atoms with Gasteiger partial charge in [0.2, 0.25) is 0 Å². The molecular weight excluding hydrogens is 346 g/mol. The number of aryl methyl sites for hydroxylation is 2. The van der Waals surface area contributed by atoms with Crippen molar-refractivity contribution in [2.45, 2.75) is 26.3 Å². The Kier molecular flexibility index (Phi) is 4.02. The average Bonchev–Trinajstić information content (AvgIpc) is 3.15. The first-order chi connectivity index (χ1) is 13.0. The van der Waals surface area contributed by atoms with Crippen LogP contribution in [0.15, 0.2) is 24.3 Å². The molecule has 0 spiro atoms. The van der Waals surface area contributed by atoms with E-state index in [9.17, 15) is 9.59 Å². The maximum absolute atomic E-state index is 12.6. The number of imidazole rings is 1. The molecule has 1 atom stereocenters. The van der Waals surface area contributed by atoms with Crippen molar-refractivity contribution in [1.29, 1.82) is 0 Å². The molecule has 0 saturated carbocycles. The SMILES string of the molecule is CCOC(=O)c1c(C)nc2n1[C@H](C(=O)OC)Cc1c-2n(C)c2ccccc12. The second-order valence-electron chi connectivity index (χ2n) is 6.61. The minimum absolute atomic E-state index is 0.251. The zero-order valence-corrected chi connectivity index (χ0v) is 15.8. The van der Waals surface area contributed by atoms with Gasteiger partial charge in [-0.05, 0) is 25.5 Å². The molecule has 0 fully saturated rings. The standard InChI is InChI=1S/C20H21N3O4/c1-5-27-20(25)16-11(2)21-18-17-13(10-15(23(16)18)19(24)26-4)12-8-6-7-9-14(12)22(17)3/h6-9,15H,5,10H2,1-4H3/t15-/m0/s1. The summed E-state index contributed by atoms with van der Waals surface area (Å²) in [5, 5.41) is 1.08. The molecule has 27 heavy (non-hydrogen) atoms. The number of ether oxygens (including phenoxy) is 2. The highest BCUT2D eigenvalue weighted by atomic mass is 16.5. The van der Waals surface area contributed by atoms with Crippen molar-refractivity contribution in [3.05, 3.63) is 41.2 Å². The fourth-order valence-electron chi connectivity index (χ4n) is 4.03. The number of rotatable bonds is 3. The van der Waals surface area contributed by atoms with E-state index in [2.05, 4.69) is 9.55 Å². The fourth-order valence-corrected chi connectivity index (χ4v) is 4.03. The number of hydrogen-bond acceptors (Lipinski definition) is 5. The van der Waals surface area contributed by atoms with Crippen molar-refractivity contribution in [1.82, 2.24) is 14.1 Å². The second-order valence-corrected chi connectivity index (χ2v) is 6.61. The number of fused-ring (bicyclic) bond motifs is 5. The van der Waals surface area contributed by atoms with Crippen LogP contribution in [0.5, 0.6) is 0 Å². The minimum Gasteiger partial charge on any atom is -0.467 e. The van der Waals surface area contributed by atoms with E-state index in [1.807, 2.05) is 31.3 Å². The van der Waals surface area contributed by atoms with Gasteiger partial charge in [0.15, 0.2) is 11.5 Å². The molecule has 0 N–H and O–H groups in total. The molecule has 3 aromatic rings. The van der Waals surface area contributed by atoms with Crippen LogP contribution in [-0.4, -0.2) is 39.8 Å². The van der Waals surface area contributed by atoms with E-state index in [0.29, 0.717) is 23.6 Å². The molecule has 0 bridgehead atoms. The molecule has 140 valence electrons. The molecule has 1 aromatic carbocycles. The van der Waals surface area contributed by atoms with Crippen molar-refractivity contribution in [2.75, 3.05) is 13.7 Å². The summed E-state index contributed by atoms with van der Waals surface area (Å²) in [4.78, 5) is 29.8. The van der Waals surface area contributed by atoms with Crippen molar-refractivity contribution in [3.8, 4) is 11.5 Å². The van der Waals surface area contributed by atoms with Gasteiger partial charge in [-0.25, -0.2) is 14.6 Å². The van der Waals surface area contributed by atoms with Gasteiger partial charge in [0.05, 0.1) is 25.1 Å². The highest BCUT2D eigenvalue weighted by Gasteiger charge is 2.39. The molecule has 0 amide bonds. The smallest absolute Gasteiger partial charge is 0.356 e. The Bertz CT molecular complexity index is 1080.